The first-order chi connectivity index (χ1) is 25.7. The molecule has 0 unspecified atom stereocenters. The largest absolute Gasteiger partial charge is 0.496 e. The number of rotatable bonds is 20. The van der Waals surface area contributed by atoms with Crippen molar-refractivity contribution in [2.45, 2.75) is 6.42 Å². The second-order valence-corrected chi connectivity index (χ2v) is 15.6. The molecule has 0 saturated heterocycles. The van der Waals surface area contributed by atoms with Crippen molar-refractivity contribution in [1.82, 2.24) is 0 Å². The number of ether oxygens (including phenoxy) is 12. The van der Waals surface area contributed by atoms with Crippen LogP contribution in [0.25, 0.3) is 0 Å². The Kier molecular flexibility index (Phi) is 15.1. The van der Waals surface area contributed by atoms with Gasteiger partial charge in [-0.1, -0.05) is 0 Å². The molecule has 12 nitrogen and oxygen atoms in total. The van der Waals surface area contributed by atoms with Crippen LogP contribution in [0.5, 0.6) is 69.0 Å². The Balaban J connectivity index is 1.99. The third-order valence-electron chi connectivity index (χ3n) is 8.60. The third-order valence-corrected chi connectivity index (χ3v) is 14.0. The third kappa shape index (κ3) is 8.77. The summed E-state index contributed by atoms with van der Waals surface area (Å²) in [6, 6.07) is 14.9. The monoisotopic (exact) mass is 772 g/mol. The smallest absolute Gasteiger partial charge is 0.134 e. The molecule has 0 heterocycles. The molecule has 4 aromatic rings. The van der Waals surface area contributed by atoms with Crippen LogP contribution in [0, 0.1) is 0 Å². The van der Waals surface area contributed by atoms with Crippen LogP contribution in [0.3, 0.4) is 0 Å². The highest BCUT2D eigenvalue weighted by Crippen LogP contribution is 2.52. The molecule has 0 amide bonds. The van der Waals surface area contributed by atoms with Crippen LogP contribution in [-0.4, -0.2) is 97.6 Å². The fourth-order valence-corrected chi connectivity index (χ4v) is 12.0. The van der Waals surface area contributed by atoms with Gasteiger partial charge in [0.05, 0.1) is 107 Å². The summed E-state index contributed by atoms with van der Waals surface area (Å²) in [5, 5.41) is 3.49. The highest BCUT2D eigenvalue weighted by atomic mass is 31.1. The standard InChI is InChI=1S/C39H50O12P2/c1-40-24-16-28(44-5)36(29(17-24)45-6)52(37-30(46-7)18-25(41-2)19-31(37)47-8)14-13-15-53(38-32(48-9)20-26(42-3)21-33(38)49-10)39-34(50-11)22-27(43-4)23-35(39)51-12/h16-23H,13-15H2,1-12H3. The maximum absolute atomic E-state index is 6.02. The molecule has 0 aliphatic carbocycles. The van der Waals surface area contributed by atoms with Gasteiger partial charge in [-0.3, -0.25) is 0 Å². The fourth-order valence-electron chi connectivity index (χ4n) is 6.07. The first-order valence-corrected chi connectivity index (χ1v) is 19.5. The Bertz CT molecular complexity index is 1470. The average Bonchev–Trinajstić information content (AvgIpc) is 3.21. The van der Waals surface area contributed by atoms with Gasteiger partial charge in [-0.05, 0) is 34.6 Å². The van der Waals surface area contributed by atoms with Crippen molar-refractivity contribution in [3.63, 3.8) is 0 Å². The SMILES string of the molecule is COc1cc(OC)c(P(CCCP(c2c(OC)cc(OC)cc2OC)c2c(OC)cc(OC)cc2OC)c2c(OC)cc(OC)cc2OC)c(OC)c1. The Hall–Kier alpha value is -4.66. The van der Waals surface area contributed by atoms with Crippen LogP contribution >= 0.6 is 15.8 Å². The van der Waals surface area contributed by atoms with Gasteiger partial charge < -0.3 is 56.8 Å². The maximum atomic E-state index is 6.02. The van der Waals surface area contributed by atoms with E-state index in [0.717, 1.165) is 21.2 Å². The second kappa shape index (κ2) is 19.4. The summed E-state index contributed by atoms with van der Waals surface area (Å²) >= 11 is 0. The van der Waals surface area contributed by atoms with E-state index in [-0.39, 0.29) is 0 Å². The van der Waals surface area contributed by atoms with Gasteiger partial charge >= 0.3 is 0 Å². The number of hydrogen-bond acceptors (Lipinski definition) is 12. The molecule has 0 aliphatic heterocycles. The normalized spacial score (nSPS) is 10.8. The fraction of sp³-hybridized carbons (Fsp3) is 0.385. The lowest BCUT2D eigenvalue weighted by atomic mass is 10.3. The minimum atomic E-state index is -1.29. The highest BCUT2D eigenvalue weighted by molar-refractivity contribution is 7.74. The molecule has 288 valence electrons. The van der Waals surface area contributed by atoms with E-state index in [2.05, 4.69) is 0 Å². The molecule has 14 heteroatoms. The summed E-state index contributed by atoms with van der Waals surface area (Å²) in [5.74, 6) is 7.35. The van der Waals surface area contributed by atoms with Gasteiger partial charge in [0, 0.05) is 48.5 Å². The Morgan fingerprint density at radius 2 is 0.453 bits per heavy atom. The zero-order chi connectivity index (χ0) is 38.7. The second-order valence-electron chi connectivity index (χ2n) is 11.2. The lowest BCUT2D eigenvalue weighted by Crippen LogP contribution is -2.24. The Morgan fingerprint density at radius 1 is 0.283 bits per heavy atom. The number of methoxy groups -OCH3 is 12. The van der Waals surface area contributed by atoms with E-state index in [1.807, 2.05) is 48.5 Å². The molecule has 0 atom stereocenters. The molecular weight excluding hydrogens is 722 g/mol. The van der Waals surface area contributed by atoms with E-state index in [1.54, 1.807) is 85.3 Å². The first-order valence-electron chi connectivity index (χ1n) is 16.5. The van der Waals surface area contributed by atoms with E-state index in [9.17, 15) is 0 Å². The van der Waals surface area contributed by atoms with Gasteiger partial charge in [-0.2, -0.15) is 0 Å². The molecule has 0 radical (unpaired) electrons. The zero-order valence-electron chi connectivity index (χ0n) is 32.5. The van der Waals surface area contributed by atoms with Crippen LogP contribution in [0.15, 0.2) is 48.5 Å². The van der Waals surface area contributed by atoms with Gasteiger partial charge in [0.2, 0.25) is 0 Å². The zero-order valence-corrected chi connectivity index (χ0v) is 34.3. The molecule has 53 heavy (non-hydrogen) atoms. The summed E-state index contributed by atoms with van der Waals surface area (Å²) in [4.78, 5) is 0. The van der Waals surface area contributed by atoms with Gasteiger partial charge in [0.1, 0.15) is 69.0 Å². The van der Waals surface area contributed by atoms with Crippen LogP contribution in [0.1, 0.15) is 6.42 Å². The van der Waals surface area contributed by atoms with E-state index < -0.39 is 15.8 Å². The number of benzene rings is 4. The molecule has 0 aliphatic rings. The summed E-state index contributed by atoms with van der Waals surface area (Å²) < 4.78 is 70.6. The highest BCUT2D eigenvalue weighted by Gasteiger charge is 2.33. The van der Waals surface area contributed by atoms with E-state index in [4.69, 9.17) is 56.8 Å². The van der Waals surface area contributed by atoms with E-state index in [1.165, 1.54) is 0 Å². The van der Waals surface area contributed by atoms with Crippen molar-refractivity contribution >= 4 is 37.1 Å². The summed E-state index contributed by atoms with van der Waals surface area (Å²) in [5.41, 5.74) is 0. The Labute approximate surface area is 314 Å². The first kappa shape index (κ1) is 41.1. The van der Waals surface area contributed by atoms with Gasteiger partial charge in [-0.25, -0.2) is 0 Å². The lowest BCUT2D eigenvalue weighted by Gasteiger charge is -2.29. The molecule has 0 spiro atoms. The maximum Gasteiger partial charge on any atom is 0.134 e. The van der Waals surface area contributed by atoms with Crippen molar-refractivity contribution in [2.24, 2.45) is 0 Å². The minimum Gasteiger partial charge on any atom is -0.496 e. The van der Waals surface area contributed by atoms with Gasteiger partial charge in [-0.15, -0.1) is 0 Å². The van der Waals surface area contributed by atoms with Crippen LogP contribution in [-0.2, 0) is 0 Å². The quantitative estimate of drug-likeness (QED) is 0.102. The van der Waals surface area contributed by atoms with E-state index in [0.29, 0.717) is 87.7 Å². The number of hydrogen-bond donors (Lipinski definition) is 0. The van der Waals surface area contributed by atoms with Crippen molar-refractivity contribution < 1.29 is 56.8 Å². The van der Waals surface area contributed by atoms with Crippen molar-refractivity contribution in [2.75, 3.05) is 97.6 Å². The van der Waals surface area contributed by atoms with Crippen molar-refractivity contribution in [1.29, 1.82) is 0 Å². The molecule has 4 rings (SSSR count). The minimum absolute atomic E-state index is 0.604. The molecule has 0 saturated carbocycles. The predicted octanol–water partition coefficient (Wildman–Crippen LogP) is 5.75. The molecule has 4 aromatic carbocycles. The average molecular weight is 773 g/mol. The molecule has 0 N–H and O–H groups in total. The van der Waals surface area contributed by atoms with E-state index >= 15 is 0 Å². The summed E-state index contributed by atoms with van der Waals surface area (Å²) in [7, 11) is 17.0. The van der Waals surface area contributed by atoms with Crippen LogP contribution in [0.2, 0.25) is 0 Å². The predicted molar refractivity (Wildman–Crippen MR) is 211 cm³/mol. The van der Waals surface area contributed by atoms with Crippen LogP contribution in [0.4, 0.5) is 0 Å². The van der Waals surface area contributed by atoms with Crippen LogP contribution < -0.4 is 78.1 Å². The molecule has 0 fully saturated rings. The molecular formula is C39H50O12P2. The van der Waals surface area contributed by atoms with Gasteiger partial charge in [0.25, 0.3) is 0 Å². The van der Waals surface area contributed by atoms with Crippen molar-refractivity contribution in [3.05, 3.63) is 48.5 Å². The lowest BCUT2D eigenvalue weighted by molar-refractivity contribution is 0.378. The van der Waals surface area contributed by atoms with Crippen molar-refractivity contribution in [3.8, 4) is 69.0 Å². The molecule has 0 bridgehead atoms. The molecule has 0 aromatic heterocycles. The topological polar surface area (TPSA) is 111 Å². The summed E-state index contributed by atoms with van der Waals surface area (Å²) in [6.45, 7) is 0. The van der Waals surface area contributed by atoms with Gasteiger partial charge in [0.15, 0.2) is 0 Å². The Morgan fingerprint density at radius 3 is 0.585 bits per heavy atom. The summed E-state index contributed by atoms with van der Waals surface area (Å²) in [6.07, 6.45) is 2.02.